The third-order valence-corrected chi connectivity index (χ3v) is 12.2. The van der Waals surface area contributed by atoms with Gasteiger partial charge in [-0.3, -0.25) is 0 Å². The molecule has 0 saturated carbocycles. The van der Waals surface area contributed by atoms with Gasteiger partial charge in [0.2, 0.25) is 0 Å². The van der Waals surface area contributed by atoms with Crippen LogP contribution in [0.1, 0.15) is 11.6 Å². The van der Waals surface area contributed by atoms with Crippen LogP contribution in [0.25, 0.3) is 5.32 Å². The van der Waals surface area contributed by atoms with Crippen molar-refractivity contribution in [2.75, 3.05) is 6.16 Å². The van der Waals surface area contributed by atoms with Gasteiger partial charge < -0.3 is 5.32 Å². The van der Waals surface area contributed by atoms with Crippen LogP contribution < -0.4 is 45.4 Å². The maximum Gasteiger partial charge on any atom is 1.00 e. The number of nitrogens with zero attached hydrogens (tertiary/aromatic N) is 1. The van der Waals surface area contributed by atoms with Crippen molar-refractivity contribution in [2.24, 2.45) is 0 Å². The average Bonchev–Trinajstić information content (AvgIpc) is 3.06. The van der Waals surface area contributed by atoms with E-state index in [1.165, 1.54) is 32.1 Å². The second-order valence-corrected chi connectivity index (χ2v) is 14.3. The molecule has 6 aromatic carbocycles. The first-order valence-corrected chi connectivity index (χ1v) is 16.9. The van der Waals surface area contributed by atoms with Crippen LogP contribution in [0.15, 0.2) is 176 Å². The third-order valence-electron chi connectivity index (χ3n) is 7.12. The summed E-state index contributed by atoms with van der Waals surface area (Å²) in [5.41, 5.74) is 2.33. The van der Waals surface area contributed by atoms with E-state index in [-0.39, 0.29) is 24.9 Å². The Morgan fingerprint density at radius 3 is 1.29 bits per heavy atom. The second-order valence-electron chi connectivity index (χ2n) is 9.83. The van der Waals surface area contributed by atoms with Crippen LogP contribution in [0.5, 0.6) is 0 Å². The Hall–Kier alpha value is -3.42. The first-order valence-electron chi connectivity index (χ1n) is 14.0. The molecule has 0 aliphatic carbocycles. The molecule has 0 aliphatic heterocycles. The van der Waals surface area contributed by atoms with Crippen LogP contribution in [0.2, 0.25) is 0 Å². The summed E-state index contributed by atoms with van der Waals surface area (Å²) >= 11 is 0. The van der Waals surface area contributed by atoms with Gasteiger partial charge in [-0.05, 0) is 48.5 Å². The molecule has 0 saturated heterocycles. The minimum absolute atomic E-state index is 0. The normalized spacial score (nSPS) is 11.6. The van der Waals surface area contributed by atoms with Gasteiger partial charge in [-0.1, -0.05) is 188 Å². The average molecular weight is 572 g/mol. The Balaban J connectivity index is 0.00000353. The predicted molar refractivity (Wildman–Crippen MR) is 181 cm³/mol. The fourth-order valence-electron chi connectivity index (χ4n) is 5.16. The molecule has 0 radical (unpaired) electrons. The molecule has 0 spiro atoms. The number of para-hydroxylation sites is 1. The molecule has 0 amide bonds. The molecule has 42 heavy (non-hydrogen) atoms. The van der Waals surface area contributed by atoms with Gasteiger partial charge >= 0.3 is 18.9 Å². The summed E-state index contributed by atoms with van der Waals surface area (Å²) in [6, 6.07) is 63.4. The summed E-state index contributed by atoms with van der Waals surface area (Å²) < 4.78 is 0. The zero-order chi connectivity index (χ0) is 27.7. The van der Waals surface area contributed by atoms with E-state index in [2.05, 4.69) is 176 Å². The minimum atomic E-state index is -0.763. The van der Waals surface area contributed by atoms with E-state index < -0.39 is 15.8 Å². The molecular formula is C38H32LiNP2. The standard InChI is InChI=1S/C38H32NP2.Li/c1-6-18-31(19-7-1)37(30-40(32-20-8-2-9-21-32)33-22-10-3-11-23-33)39-36-28-16-17-29-38(36)41(34-24-12-4-13-25-34)35-26-14-5-15-27-35;/h1-29,37H,30H2;/q-1;+1. The van der Waals surface area contributed by atoms with E-state index >= 15 is 0 Å². The zero-order valence-corrected chi connectivity index (χ0v) is 25.7. The van der Waals surface area contributed by atoms with Crippen LogP contribution in [0.4, 0.5) is 5.69 Å². The molecule has 0 aliphatic rings. The SMILES string of the molecule is [Li+].c1ccc(C(CP(c2ccccc2)c2ccccc2)[N-]c2ccccc2P(c2ccccc2)c2ccccc2)cc1. The van der Waals surface area contributed by atoms with Gasteiger partial charge in [-0.15, -0.1) is 5.69 Å². The molecule has 6 aromatic rings. The molecule has 1 atom stereocenters. The van der Waals surface area contributed by atoms with E-state index in [0.717, 1.165) is 11.8 Å². The predicted octanol–water partition coefficient (Wildman–Crippen LogP) is 5.33. The first kappa shape index (κ1) is 30.0. The van der Waals surface area contributed by atoms with Crippen molar-refractivity contribution < 1.29 is 18.9 Å². The van der Waals surface area contributed by atoms with Crippen LogP contribution >= 0.6 is 15.8 Å². The van der Waals surface area contributed by atoms with Gasteiger partial charge in [-0.2, -0.15) is 0 Å². The summed E-state index contributed by atoms with van der Waals surface area (Å²) in [6.45, 7) is 0. The van der Waals surface area contributed by atoms with Gasteiger partial charge in [0.15, 0.2) is 0 Å². The maximum atomic E-state index is 5.62. The molecule has 4 heteroatoms. The fourth-order valence-corrected chi connectivity index (χ4v) is 9.97. The smallest absolute Gasteiger partial charge is 0.677 e. The Kier molecular flexibility index (Phi) is 10.8. The molecule has 0 heterocycles. The summed E-state index contributed by atoms with van der Waals surface area (Å²) in [5, 5.41) is 12.4. The Bertz CT molecular complexity index is 1550. The van der Waals surface area contributed by atoms with Gasteiger partial charge in [-0.25, -0.2) is 0 Å². The molecule has 0 bridgehead atoms. The van der Waals surface area contributed by atoms with Gasteiger partial charge in [0.05, 0.1) is 0 Å². The Morgan fingerprint density at radius 1 is 0.429 bits per heavy atom. The Labute approximate surface area is 264 Å². The van der Waals surface area contributed by atoms with Crippen molar-refractivity contribution in [3.8, 4) is 0 Å². The quantitative estimate of drug-likeness (QED) is 0.156. The summed E-state index contributed by atoms with van der Waals surface area (Å²) in [6.07, 6.45) is 0.941. The Morgan fingerprint density at radius 2 is 0.810 bits per heavy atom. The van der Waals surface area contributed by atoms with Crippen LogP contribution in [0.3, 0.4) is 0 Å². The van der Waals surface area contributed by atoms with E-state index in [9.17, 15) is 0 Å². The molecule has 0 fully saturated rings. The van der Waals surface area contributed by atoms with Crippen molar-refractivity contribution in [1.29, 1.82) is 0 Å². The first-order chi connectivity index (χ1) is 20.4. The summed E-state index contributed by atoms with van der Waals surface area (Å²) in [7, 11) is -1.37. The monoisotopic (exact) mass is 571 g/mol. The minimum Gasteiger partial charge on any atom is -0.677 e. The van der Waals surface area contributed by atoms with Crippen molar-refractivity contribution >= 4 is 48.1 Å². The van der Waals surface area contributed by atoms with Crippen molar-refractivity contribution in [1.82, 2.24) is 0 Å². The summed E-state index contributed by atoms with van der Waals surface area (Å²) in [4.78, 5) is 0. The number of hydrogen-bond acceptors (Lipinski definition) is 0. The molecule has 6 rings (SSSR count). The van der Waals surface area contributed by atoms with Crippen molar-refractivity contribution in [3.63, 3.8) is 0 Å². The van der Waals surface area contributed by atoms with E-state index in [1.807, 2.05) is 0 Å². The number of rotatable bonds is 10. The van der Waals surface area contributed by atoms with Crippen LogP contribution in [-0.4, -0.2) is 6.16 Å². The maximum absolute atomic E-state index is 5.62. The topological polar surface area (TPSA) is 14.1 Å². The van der Waals surface area contributed by atoms with Gasteiger partial charge in [0.25, 0.3) is 0 Å². The van der Waals surface area contributed by atoms with Gasteiger partial charge in [0.1, 0.15) is 0 Å². The van der Waals surface area contributed by atoms with Crippen molar-refractivity contribution in [3.05, 3.63) is 187 Å². The zero-order valence-electron chi connectivity index (χ0n) is 23.9. The van der Waals surface area contributed by atoms with Crippen LogP contribution in [0, 0.1) is 0 Å². The number of hydrogen-bond donors (Lipinski definition) is 0. The van der Waals surface area contributed by atoms with E-state index in [4.69, 9.17) is 5.32 Å². The summed E-state index contributed by atoms with van der Waals surface area (Å²) in [5.74, 6) is 0. The molecule has 200 valence electrons. The largest absolute Gasteiger partial charge is 1.00 e. The number of benzene rings is 6. The second kappa shape index (κ2) is 15.2. The fraction of sp³-hybridized carbons (Fsp3) is 0.0526. The van der Waals surface area contributed by atoms with Crippen molar-refractivity contribution in [2.45, 2.75) is 6.04 Å². The van der Waals surface area contributed by atoms with E-state index in [1.54, 1.807) is 0 Å². The molecule has 1 unspecified atom stereocenters. The third kappa shape index (κ3) is 7.31. The van der Waals surface area contributed by atoms with Crippen LogP contribution in [-0.2, 0) is 0 Å². The molecular weight excluding hydrogens is 539 g/mol. The molecule has 0 N–H and O–H groups in total. The van der Waals surface area contributed by atoms with E-state index in [0.29, 0.717) is 0 Å². The molecule has 1 nitrogen and oxygen atoms in total. The molecule has 0 aromatic heterocycles. The van der Waals surface area contributed by atoms with Gasteiger partial charge in [0, 0.05) is 0 Å².